The van der Waals surface area contributed by atoms with Gasteiger partial charge in [0.25, 0.3) is 0 Å². The van der Waals surface area contributed by atoms with Gasteiger partial charge in [0.2, 0.25) is 0 Å². The van der Waals surface area contributed by atoms with Crippen molar-refractivity contribution >= 4 is 58.1 Å². The molecule has 0 atom stereocenters. The summed E-state index contributed by atoms with van der Waals surface area (Å²) in [6.07, 6.45) is 1.59. The summed E-state index contributed by atoms with van der Waals surface area (Å²) in [4.78, 5) is 4.27. The van der Waals surface area contributed by atoms with E-state index in [0.717, 1.165) is 0 Å². The molecule has 136 valence electrons. The number of nitriles is 1. The van der Waals surface area contributed by atoms with Crippen LogP contribution in [0.4, 0.5) is 0 Å². The third-order valence-corrected chi connectivity index (χ3v) is 4.51. The summed E-state index contributed by atoms with van der Waals surface area (Å²) < 4.78 is 5.59. The largest absolute Gasteiger partial charge is 0.484 e. The van der Waals surface area contributed by atoms with Crippen LogP contribution in [0.2, 0.25) is 20.1 Å². The van der Waals surface area contributed by atoms with E-state index >= 15 is 0 Å². The summed E-state index contributed by atoms with van der Waals surface area (Å²) in [6, 6.07) is 12.0. The zero-order valence-electron chi connectivity index (χ0n) is 13.5. The molecule has 0 aliphatic carbocycles. The highest BCUT2D eigenvalue weighted by atomic mass is 35.5. The van der Waals surface area contributed by atoms with Gasteiger partial charge < -0.3 is 4.74 Å². The topological polar surface area (TPSA) is 74.6 Å². The van der Waals surface area contributed by atoms with E-state index < -0.39 is 0 Å². The van der Waals surface area contributed by atoms with E-state index in [-0.39, 0.29) is 18.0 Å². The fraction of sp³-hybridized carbons (Fsp3) is 0.0556. The number of hydrogen-bond donors (Lipinski definition) is 1. The maximum absolute atomic E-state index is 9.42. The summed E-state index contributed by atoms with van der Waals surface area (Å²) >= 11 is 23.9. The number of rotatable bonds is 5. The van der Waals surface area contributed by atoms with Crippen molar-refractivity contribution in [2.45, 2.75) is 6.61 Å². The van der Waals surface area contributed by atoms with Crippen LogP contribution in [0.25, 0.3) is 11.6 Å². The Morgan fingerprint density at radius 3 is 2.44 bits per heavy atom. The van der Waals surface area contributed by atoms with Gasteiger partial charge in [0.15, 0.2) is 11.6 Å². The highest BCUT2D eigenvalue weighted by molar-refractivity contribution is 6.36. The molecule has 3 rings (SSSR count). The second-order valence-corrected chi connectivity index (χ2v) is 6.99. The second-order valence-electron chi connectivity index (χ2n) is 5.30. The zero-order chi connectivity index (χ0) is 19.4. The molecule has 1 heterocycles. The van der Waals surface area contributed by atoms with Crippen LogP contribution in [-0.2, 0) is 6.61 Å². The van der Waals surface area contributed by atoms with Crippen LogP contribution in [0.1, 0.15) is 17.2 Å². The van der Waals surface area contributed by atoms with Crippen molar-refractivity contribution in [3.8, 4) is 11.8 Å². The van der Waals surface area contributed by atoms with Crippen LogP contribution in [0.15, 0.2) is 36.4 Å². The van der Waals surface area contributed by atoms with Crippen molar-refractivity contribution < 1.29 is 4.74 Å². The molecule has 0 saturated heterocycles. The first-order chi connectivity index (χ1) is 13.0. The number of aromatic nitrogens is 3. The van der Waals surface area contributed by atoms with E-state index in [4.69, 9.17) is 51.1 Å². The van der Waals surface area contributed by atoms with E-state index in [2.05, 4.69) is 21.3 Å². The van der Waals surface area contributed by atoms with E-state index in [1.54, 1.807) is 42.5 Å². The third-order valence-electron chi connectivity index (χ3n) is 3.41. The van der Waals surface area contributed by atoms with Crippen molar-refractivity contribution in [2.24, 2.45) is 0 Å². The molecule has 0 aliphatic heterocycles. The molecule has 9 heteroatoms. The molecule has 0 spiro atoms. The average Bonchev–Trinajstić information content (AvgIpc) is 3.09. The van der Waals surface area contributed by atoms with Gasteiger partial charge in [-0.3, -0.25) is 5.10 Å². The SMILES string of the molecule is N#C/C(=C\c1ccc(Cl)cc1Cl)c1n[nH]c(COc2ccc(Cl)cc2Cl)n1. The Kier molecular flexibility index (Phi) is 6.25. The number of ether oxygens (including phenoxy) is 1. The Morgan fingerprint density at radius 1 is 1.07 bits per heavy atom. The molecule has 1 N–H and O–H groups in total. The summed E-state index contributed by atoms with van der Waals surface area (Å²) in [6.45, 7) is 0.0920. The van der Waals surface area contributed by atoms with Gasteiger partial charge in [-0.1, -0.05) is 52.5 Å². The number of aromatic amines is 1. The predicted octanol–water partition coefficient (Wildman–Crippen LogP) is 6.06. The lowest BCUT2D eigenvalue weighted by atomic mass is 10.1. The van der Waals surface area contributed by atoms with Crippen molar-refractivity contribution in [1.82, 2.24) is 15.2 Å². The van der Waals surface area contributed by atoms with E-state index in [1.807, 2.05) is 0 Å². The second kappa shape index (κ2) is 8.64. The number of allylic oxidation sites excluding steroid dienone is 1. The van der Waals surface area contributed by atoms with Crippen molar-refractivity contribution in [2.75, 3.05) is 0 Å². The van der Waals surface area contributed by atoms with Gasteiger partial charge in [-0.15, -0.1) is 0 Å². The average molecular weight is 440 g/mol. The van der Waals surface area contributed by atoms with Gasteiger partial charge in [0.1, 0.15) is 18.4 Å². The van der Waals surface area contributed by atoms with Crippen LogP contribution >= 0.6 is 46.4 Å². The first-order valence-electron chi connectivity index (χ1n) is 7.52. The fourth-order valence-corrected chi connectivity index (χ4v) is 3.07. The van der Waals surface area contributed by atoms with Gasteiger partial charge in [-0.25, -0.2) is 4.98 Å². The first kappa shape index (κ1) is 19.5. The molecule has 3 aromatic rings. The van der Waals surface area contributed by atoms with Gasteiger partial charge in [0, 0.05) is 15.1 Å². The van der Waals surface area contributed by atoms with Gasteiger partial charge in [-0.05, 0) is 42.0 Å². The third kappa shape index (κ3) is 4.94. The monoisotopic (exact) mass is 438 g/mol. The molecule has 5 nitrogen and oxygen atoms in total. The number of hydrogen-bond acceptors (Lipinski definition) is 4. The number of H-pyrrole nitrogens is 1. The lowest BCUT2D eigenvalue weighted by molar-refractivity contribution is 0.296. The lowest BCUT2D eigenvalue weighted by Gasteiger charge is -2.05. The molecule has 0 radical (unpaired) electrons. The Labute approximate surface area is 175 Å². The van der Waals surface area contributed by atoms with E-state index in [0.29, 0.717) is 37.2 Å². The molecule has 1 aromatic heterocycles. The van der Waals surface area contributed by atoms with Crippen LogP contribution < -0.4 is 4.74 Å². The van der Waals surface area contributed by atoms with E-state index in [9.17, 15) is 5.26 Å². The van der Waals surface area contributed by atoms with Crippen molar-refractivity contribution in [3.63, 3.8) is 0 Å². The molecule has 0 amide bonds. The molecule has 0 saturated carbocycles. The summed E-state index contributed by atoms with van der Waals surface area (Å²) in [5.41, 5.74) is 0.874. The maximum atomic E-state index is 9.42. The minimum atomic E-state index is 0.0920. The summed E-state index contributed by atoms with van der Waals surface area (Å²) in [5.74, 6) is 1.12. The minimum absolute atomic E-state index is 0.0920. The molecule has 0 bridgehead atoms. The normalized spacial score (nSPS) is 11.3. The fourth-order valence-electron chi connectivity index (χ4n) is 2.14. The molecular weight excluding hydrogens is 430 g/mol. The van der Waals surface area contributed by atoms with E-state index in [1.165, 1.54) is 0 Å². The Bertz CT molecular complexity index is 1060. The van der Waals surface area contributed by atoms with Gasteiger partial charge in [-0.2, -0.15) is 10.4 Å². The molecule has 2 aromatic carbocycles. The van der Waals surface area contributed by atoms with Crippen molar-refractivity contribution in [3.05, 3.63) is 73.7 Å². The smallest absolute Gasteiger partial charge is 0.191 e. The minimum Gasteiger partial charge on any atom is -0.484 e. The molecule has 0 aliphatic rings. The number of nitrogens with one attached hydrogen (secondary N) is 1. The predicted molar refractivity (Wildman–Crippen MR) is 107 cm³/mol. The zero-order valence-corrected chi connectivity index (χ0v) is 16.5. The molecular formula is C18H10Cl4N4O. The maximum Gasteiger partial charge on any atom is 0.191 e. The van der Waals surface area contributed by atoms with Gasteiger partial charge >= 0.3 is 0 Å². The number of halogens is 4. The molecule has 27 heavy (non-hydrogen) atoms. The molecule has 0 unspecified atom stereocenters. The molecule has 0 fully saturated rings. The van der Waals surface area contributed by atoms with Gasteiger partial charge in [0.05, 0.1) is 10.6 Å². The first-order valence-corrected chi connectivity index (χ1v) is 9.04. The van der Waals surface area contributed by atoms with Crippen LogP contribution in [0.3, 0.4) is 0 Å². The Morgan fingerprint density at radius 2 is 1.78 bits per heavy atom. The van der Waals surface area contributed by atoms with Crippen LogP contribution in [0, 0.1) is 11.3 Å². The highest BCUT2D eigenvalue weighted by Crippen LogP contribution is 2.28. The lowest BCUT2D eigenvalue weighted by Crippen LogP contribution is -1.98. The quantitative estimate of drug-likeness (QED) is 0.490. The summed E-state index contributed by atoms with van der Waals surface area (Å²) in [7, 11) is 0. The Balaban J connectivity index is 1.77. The summed E-state index contributed by atoms with van der Waals surface area (Å²) in [5, 5.41) is 18.0. The standard InChI is InChI=1S/C18H10Cl4N4O/c19-12-2-1-10(14(21)6-12)5-11(8-23)18-24-17(25-26-18)9-27-16-4-3-13(20)7-15(16)22/h1-7H,9H2,(H,24,25,26)/b11-5+. The number of benzene rings is 2. The highest BCUT2D eigenvalue weighted by Gasteiger charge is 2.11. The Hall–Kier alpha value is -2.23. The van der Waals surface area contributed by atoms with Crippen LogP contribution in [-0.4, -0.2) is 15.2 Å². The van der Waals surface area contributed by atoms with Crippen molar-refractivity contribution in [1.29, 1.82) is 5.26 Å². The van der Waals surface area contributed by atoms with Crippen LogP contribution in [0.5, 0.6) is 5.75 Å². The number of nitrogens with zero attached hydrogens (tertiary/aromatic N) is 3.